The van der Waals surface area contributed by atoms with Gasteiger partial charge in [0.1, 0.15) is 0 Å². The van der Waals surface area contributed by atoms with E-state index >= 15 is 0 Å². The van der Waals surface area contributed by atoms with E-state index in [0.29, 0.717) is 0 Å². The number of rotatable bonds is 2. The van der Waals surface area contributed by atoms with Gasteiger partial charge in [-0.1, -0.05) is 27.7 Å². The summed E-state index contributed by atoms with van der Waals surface area (Å²) in [6.07, 6.45) is 7.38. The van der Waals surface area contributed by atoms with Crippen LogP contribution in [0.5, 0.6) is 0 Å². The minimum atomic E-state index is 1.07. The second-order valence-electron chi connectivity index (χ2n) is 4.11. The quantitative estimate of drug-likeness (QED) is 0.729. The van der Waals surface area contributed by atoms with Gasteiger partial charge >= 0.3 is 0 Å². The van der Waals surface area contributed by atoms with Crippen LogP contribution in [-0.4, -0.2) is 4.98 Å². The van der Waals surface area contributed by atoms with Gasteiger partial charge in [-0.25, -0.2) is 0 Å². The zero-order chi connectivity index (χ0) is 12.0. The maximum atomic E-state index is 4.74. The van der Waals surface area contributed by atoms with Crippen molar-refractivity contribution in [3.05, 3.63) is 28.6 Å². The Kier molecular flexibility index (Phi) is 5.51. The molecule has 0 bridgehead atoms. The smallest absolute Gasteiger partial charge is 0.0441 e. The molecule has 0 fully saturated rings. The Bertz CT molecular complexity index is 311. The number of pyridine rings is 1. The van der Waals surface area contributed by atoms with E-state index in [1.165, 1.54) is 37.1 Å². The van der Waals surface area contributed by atoms with Gasteiger partial charge in [0.25, 0.3) is 0 Å². The fourth-order valence-electron chi connectivity index (χ4n) is 2.35. The summed E-state index contributed by atoms with van der Waals surface area (Å²) in [7, 11) is 0. The maximum Gasteiger partial charge on any atom is 0.0441 e. The second kappa shape index (κ2) is 6.67. The molecule has 2 rings (SSSR count). The third-order valence-corrected chi connectivity index (χ3v) is 3.19. The summed E-state index contributed by atoms with van der Waals surface area (Å²) in [6.45, 7) is 8.45. The van der Waals surface area contributed by atoms with Crippen LogP contribution in [0.4, 0.5) is 0 Å². The van der Waals surface area contributed by atoms with Gasteiger partial charge in [0.2, 0.25) is 0 Å². The van der Waals surface area contributed by atoms with Crippen LogP contribution in [0, 0.1) is 0 Å². The van der Waals surface area contributed by atoms with Crippen molar-refractivity contribution >= 4 is 0 Å². The Morgan fingerprint density at radius 1 is 1.06 bits per heavy atom. The fraction of sp³-hybridized carbons (Fsp3) is 0.667. The first-order valence-electron chi connectivity index (χ1n) is 6.85. The molecule has 0 atom stereocenters. The van der Waals surface area contributed by atoms with E-state index in [0.717, 1.165) is 12.8 Å². The summed E-state index contributed by atoms with van der Waals surface area (Å²) in [4.78, 5) is 4.74. The van der Waals surface area contributed by atoms with Gasteiger partial charge in [-0.05, 0) is 55.7 Å². The molecule has 1 aromatic heterocycles. The minimum Gasteiger partial charge on any atom is -0.258 e. The van der Waals surface area contributed by atoms with E-state index in [1.807, 2.05) is 13.8 Å². The fourth-order valence-corrected chi connectivity index (χ4v) is 2.35. The lowest BCUT2D eigenvalue weighted by Gasteiger charge is -2.19. The molecule has 0 aliphatic heterocycles. The molecule has 1 aliphatic carbocycles. The van der Waals surface area contributed by atoms with E-state index in [-0.39, 0.29) is 0 Å². The second-order valence-corrected chi connectivity index (χ2v) is 4.11. The number of aryl methyl sites for hydroxylation is 3. The molecule has 1 heteroatoms. The summed E-state index contributed by atoms with van der Waals surface area (Å²) in [5, 5.41) is 0. The summed E-state index contributed by atoms with van der Waals surface area (Å²) in [5.74, 6) is 0. The van der Waals surface area contributed by atoms with Crippen molar-refractivity contribution in [2.24, 2.45) is 0 Å². The summed E-state index contributed by atoms with van der Waals surface area (Å²) < 4.78 is 0. The predicted molar refractivity (Wildman–Crippen MR) is 71.0 cm³/mol. The highest BCUT2D eigenvalue weighted by Gasteiger charge is 2.14. The summed E-state index contributed by atoms with van der Waals surface area (Å²) in [5.41, 5.74) is 5.79. The van der Waals surface area contributed by atoms with E-state index < -0.39 is 0 Å². The lowest BCUT2D eigenvalue weighted by Crippen LogP contribution is -2.10. The molecule has 1 heterocycles. The van der Waals surface area contributed by atoms with Crippen molar-refractivity contribution in [1.29, 1.82) is 0 Å². The van der Waals surface area contributed by atoms with Crippen LogP contribution in [0.2, 0.25) is 0 Å². The van der Waals surface area contributed by atoms with Gasteiger partial charge in [-0.15, -0.1) is 0 Å². The molecule has 1 aromatic rings. The minimum absolute atomic E-state index is 1.07. The lowest BCUT2D eigenvalue weighted by atomic mass is 9.90. The van der Waals surface area contributed by atoms with Crippen molar-refractivity contribution in [1.82, 2.24) is 4.98 Å². The number of nitrogens with zero attached hydrogens (tertiary/aromatic N) is 1. The topological polar surface area (TPSA) is 12.9 Å². The molecule has 0 radical (unpaired) electrons. The van der Waals surface area contributed by atoms with Crippen molar-refractivity contribution in [2.75, 3.05) is 0 Å². The molecular weight excluding hydrogens is 194 g/mol. The van der Waals surface area contributed by atoms with Crippen LogP contribution in [0.15, 0.2) is 6.07 Å². The number of fused-ring (bicyclic) bond motifs is 1. The molecule has 16 heavy (non-hydrogen) atoms. The SMILES string of the molecule is CC.CCc1cc(CC)c2c(n1)CCCC2. The van der Waals surface area contributed by atoms with Gasteiger partial charge in [0, 0.05) is 11.4 Å². The van der Waals surface area contributed by atoms with E-state index in [1.54, 1.807) is 11.1 Å². The van der Waals surface area contributed by atoms with Crippen molar-refractivity contribution in [2.45, 2.75) is 66.2 Å². The monoisotopic (exact) mass is 219 g/mol. The van der Waals surface area contributed by atoms with Gasteiger partial charge in [-0.2, -0.15) is 0 Å². The molecule has 0 saturated carbocycles. The van der Waals surface area contributed by atoms with Crippen LogP contribution in [0.25, 0.3) is 0 Å². The van der Waals surface area contributed by atoms with Crippen LogP contribution < -0.4 is 0 Å². The Morgan fingerprint density at radius 3 is 2.38 bits per heavy atom. The van der Waals surface area contributed by atoms with Crippen LogP contribution in [0.3, 0.4) is 0 Å². The number of hydrogen-bond acceptors (Lipinski definition) is 1. The first-order valence-corrected chi connectivity index (χ1v) is 6.85. The highest BCUT2D eigenvalue weighted by molar-refractivity contribution is 5.34. The molecule has 1 aliphatic rings. The first kappa shape index (κ1) is 13.2. The largest absolute Gasteiger partial charge is 0.258 e. The number of aromatic nitrogens is 1. The van der Waals surface area contributed by atoms with E-state index in [9.17, 15) is 0 Å². The standard InChI is InChI=1S/C13H19N.C2H6/c1-3-10-9-11(4-2)14-13-8-6-5-7-12(10)13;1-2/h9H,3-8H2,1-2H3;1-2H3. The molecular formula is C15H25N. The Labute approximate surface area is 100 Å². The van der Waals surface area contributed by atoms with Gasteiger partial charge in [-0.3, -0.25) is 4.98 Å². The summed E-state index contributed by atoms with van der Waals surface area (Å²) in [6, 6.07) is 2.31. The van der Waals surface area contributed by atoms with Gasteiger partial charge < -0.3 is 0 Å². The van der Waals surface area contributed by atoms with Crippen molar-refractivity contribution < 1.29 is 0 Å². The molecule has 0 saturated heterocycles. The first-order chi connectivity index (χ1) is 7.85. The van der Waals surface area contributed by atoms with Gasteiger partial charge in [0.05, 0.1) is 0 Å². The van der Waals surface area contributed by atoms with E-state index in [4.69, 9.17) is 4.98 Å². The number of hydrogen-bond donors (Lipinski definition) is 0. The third kappa shape index (κ3) is 2.84. The molecule has 0 unspecified atom stereocenters. The zero-order valence-corrected chi connectivity index (χ0v) is 11.3. The normalized spacial score (nSPS) is 13.8. The third-order valence-electron chi connectivity index (χ3n) is 3.19. The molecule has 1 nitrogen and oxygen atoms in total. The average Bonchev–Trinajstić information content (AvgIpc) is 2.39. The van der Waals surface area contributed by atoms with Gasteiger partial charge in [0.15, 0.2) is 0 Å². The maximum absolute atomic E-state index is 4.74. The highest BCUT2D eigenvalue weighted by Crippen LogP contribution is 2.24. The Hall–Kier alpha value is -0.850. The van der Waals surface area contributed by atoms with Crippen molar-refractivity contribution in [3.63, 3.8) is 0 Å². The molecule has 0 aromatic carbocycles. The van der Waals surface area contributed by atoms with Crippen LogP contribution in [0.1, 0.15) is 63.1 Å². The molecule has 0 N–H and O–H groups in total. The summed E-state index contributed by atoms with van der Waals surface area (Å²) >= 11 is 0. The highest BCUT2D eigenvalue weighted by atomic mass is 14.7. The van der Waals surface area contributed by atoms with Crippen LogP contribution in [-0.2, 0) is 25.7 Å². The van der Waals surface area contributed by atoms with Crippen molar-refractivity contribution in [3.8, 4) is 0 Å². The Balaban J connectivity index is 0.000000606. The molecule has 90 valence electrons. The van der Waals surface area contributed by atoms with E-state index in [2.05, 4.69) is 19.9 Å². The Morgan fingerprint density at radius 2 is 1.75 bits per heavy atom. The molecule has 0 spiro atoms. The lowest BCUT2D eigenvalue weighted by molar-refractivity contribution is 0.656. The molecule has 0 amide bonds. The van der Waals surface area contributed by atoms with Crippen LogP contribution >= 0.6 is 0 Å². The average molecular weight is 219 g/mol. The predicted octanol–water partition coefficient (Wildman–Crippen LogP) is 4.11. The zero-order valence-electron chi connectivity index (χ0n) is 11.3.